The molecule has 0 bridgehead atoms. The van der Waals surface area contributed by atoms with Gasteiger partial charge in [0.2, 0.25) is 0 Å². The molecule has 0 saturated heterocycles. The zero-order chi connectivity index (χ0) is 15.6. The maximum Gasteiger partial charge on any atom is 0.259 e. The van der Waals surface area contributed by atoms with Crippen LogP contribution in [0.4, 0.5) is 0 Å². The second-order valence-corrected chi connectivity index (χ2v) is 5.28. The number of rotatable bonds is 3. The van der Waals surface area contributed by atoms with Crippen LogP contribution in [0.2, 0.25) is 0 Å². The number of nitrogens with one attached hydrogen (secondary N) is 1. The molecule has 1 N–H and O–H groups in total. The Kier molecular flexibility index (Phi) is 3.22. The van der Waals surface area contributed by atoms with E-state index in [0.29, 0.717) is 12.1 Å². The van der Waals surface area contributed by atoms with E-state index in [9.17, 15) is 4.79 Å². The van der Waals surface area contributed by atoms with Gasteiger partial charge in [-0.3, -0.25) is 9.78 Å². The molecule has 4 rings (SSSR count). The van der Waals surface area contributed by atoms with E-state index in [0.717, 1.165) is 27.5 Å². The van der Waals surface area contributed by atoms with Crippen molar-refractivity contribution in [3.05, 3.63) is 77.8 Å². The van der Waals surface area contributed by atoms with Crippen molar-refractivity contribution in [2.75, 3.05) is 0 Å². The normalized spacial score (nSPS) is 12.8. The molecule has 1 aliphatic carbocycles. The highest BCUT2D eigenvalue weighted by molar-refractivity contribution is 6.02. The van der Waals surface area contributed by atoms with Gasteiger partial charge in [-0.05, 0) is 24.3 Å². The second-order valence-electron chi connectivity index (χ2n) is 5.28. The van der Waals surface area contributed by atoms with Gasteiger partial charge in [0.05, 0.1) is 28.8 Å². The maximum absolute atomic E-state index is 12.0. The van der Waals surface area contributed by atoms with Gasteiger partial charge in [0.25, 0.3) is 5.91 Å². The predicted octanol–water partition coefficient (Wildman–Crippen LogP) is 3.05. The Morgan fingerprint density at radius 2 is 1.91 bits per heavy atom. The van der Waals surface area contributed by atoms with Gasteiger partial charge in [-0.2, -0.15) is 0 Å². The lowest BCUT2D eigenvalue weighted by atomic mass is 10.1. The predicted molar refractivity (Wildman–Crippen MR) is 89.6 cm³/mol. The first-order valence-corrected chi connectivity index (χ1v) is 7.36. The zero-order valence-corrected chi connectivity index (χ0v) is 12.3. The number of fused-ring (bicyclic) bond motifs is 3. The van der Waals surface area contributed by atoms with Crippen molar-refractivity contribution < 1.29 is 4.79 Å². The van der Waals surface area contributed by atoms with Crippen molar-refractivity contribution in [1.82, 2.24) is 15.3 Å². The van der Waals surface area contributed by atoms with E-state index >= 15 is 0 Å². The summed E-state index contributed by atoms with van der Waals surface area (Å²) in [6, 6.07) is 11.9. The Hall–Kier alpha value is -3.23. The molecule has 0 aliphatic heterocycles. The first kappa shape index (κ1) is 13.4. The molecule has 2 aromatic heterocycles. The molecule has 0 atom stereocenters. The van der Waals surface area contributed by atoms with Gasteiger partial charge in [-0.1, -0.05) is 30.3 Å². The molecule has 4 nitrogen and oxygen atoms in total. The lowest BCUT2D eigenvalue weighted by Gasteiger charge is -2.07. The van der Waals surface area contributed by atoms with Gasteiger partial charge in [0.15, 0.2) is 0 Å². The number of benzene rings is 1. The highest BCUT2D eigenvalue weighted by atomic mass is 16.1. The first-order chi connectivity index (χ1) is 11.3. The molecule has 1 aliphatic rings. The van der Waals surface area contributed by atoms with Crippen LogP contribution in [-0.2, 0) is 11.3 Å². The monoisotopic (exact) mass is 299 g/mol. The molecule has 0 spiro atoms. The van der Waals surface area contributed by atoms with Crippen LogP contribution in [0, 0.1) is 0 Å². The van der Waals surface area contributed by atoms with Crippen molar-refractivity contribution >= 4 is 27.7 Å². The van der Waals surface area contributed by atoms with E-state index in [2.05, 4.69) is 21.0 Å². The average molecular weight is 299 g/mol. The topological polar surface area (TPSA) is 54.9 Å². The van der Waals surface area contributed by atoms with Gasteiger partial charge < -0.3 is 5.32 Å². The van der Waals surface area contributed by atoms with E-state index in [1.54, 1.807) is 24.4 Å². The summed E-state index contributed by atoms with van der Waals surface area (Å²) in [5.74, 6) is -0.145. The standard InChI is InChI=1S/C19H13N3O/c23-19(15-4-1-2-5-15)21-12-16-10-9-14-8-7-13-6-3-11-20-17(13)18(14)22-16/h1-4,6-11H,12H2,(H,21,23). The molecule has 23 heavy (non-hydrogen) atoms. The first-order valence-electron chi connectivity index (χ1n) is 7.36. The summed E-state index contributed by atoms with van der Waals surface area (Å²) in [6.07, 6.45) is 7.02. The summed E-state index contributed by atoms with van der Waals surface area (Å²) in [6.45, 7) is 0.372. The molecule has 1 amide bonds. The smallest absolute Gasteiger partial charge is 0.259 e. The van der Waals surface area contributed by atoms with Gasteiger partial charge in [-0.15, -0.1) is 5.73 Å². The maximum atomic E-state index is 12.0. The lowest BCUT2D eigenvalue weighted by Crippen LogP contribution is -2.23. The highest BCUT2D eigenvalue weighted by Crippen LogP contribution is 2.22. The van der Waals surface area contributed by atoms with Crippen LogP contribution in [0.25, 0.3) is 21.8 Å². The molecule has 0 saturated carbocycles. The quantitative estimate of drug-likeness (QED) is 0.597. The molecule has 2 heterocycles. The number of amides is 1. The Morgan fingerprint density at radius 3 is 2.74 bits per heavy atom. The summed E-state index contributed by atoms with van der Waals surface area (Å²) in [4.78, 5) is 21.1. The Balaban J connectivity index is 1.65. The molecule has 110 valence electrons. The fourth-order valence-electron chi connectivity index (χ4n) is 2.60. The van der Waals surface area contributed by atoms with E-state index < -0.39 is 0 Å². The third kappa shape index (κ3) is 2.52. The van der Waals surface area contributed by atoms with Gasteiger partial charge in [0.1, 0.15) is 0 Å². The number of aromatic nitrogens is 2. The van der Waals surface area contributed by atoms with E-state index in [1.807, 2.05) is 36.4 Å². The van der Waals surface area contributed by atoms with Crippen molar-refractivity contribution in [3.63, 3.8) is 0 Å². The number of pyridine rings is 2. The van der Waals surface area contributed by atoms with Crippen LogP contribution < -0.4 is 5.32 Å². The number of carbonyl (C=O) groups excluding carboxylic acids is 1. The van der Waals surface area contributed by atoms with Crippen LogP contribution in [0.3, 0.4) is 0 Å². The third-order valence-corrected chi connectivity index (χ3v) is 3.76. The number of hydrogen-bond donors (Lipinski definition) is 1. The number of nitrogens with zero attached hydrogens (tertiary/aromatic N) is 2. The summed E-state index contributed by atoms with van der Waals surface area (Å²) >= 11 is 0. The van der Waals surface area contributed by atoms with Crippen molar-refractivity contribution in [2.24, 2.45) is 0 Å². The van der Waals surface area contributed by atoms with E-state index in [1.165, 1.54) is 0 Å². The SMILES string of the molecule is O=C(NCc1ccc2ccc3cccnc3c2n1)C1=C=CC=C1. The minimum atomic E-state index is -0.145. The van der Waals surface area contributed by atoms with Crippen LogP contribution in [0.1, 0.15) is 5.69 Å². The molecule has 0 unspecified atom stereocenters. The Labute approximate surface area is 132 Å². The van der Waals surface area contributed by atoms with Gasteiger partial charge in [0, 0.05) is 17.0 Å². The molecule has 3 aromatic rings. The summed E-state index contributed by atoms with van der Waals surface area (Å²) < 4.78 is 0. The fourth-order valence-corrected chi connectivity index (χ4v) is 2.60. The minimum Gasteiger partial charge on any atom is -0.346 e. The number of allylic oxidation sites excluding steroid dienone is 1. The largest absolute Gasteiger partial charge is 0.346 e. The van der Waals surface area contributed by atoms with Crippen molar-refractivity contribution in [2.45, 2.75) is 6.54 Å². The van der Waals surface area contributed by atoms with Gasteiger partial charge in [-0.25, -0.2) is 4.98 Å². The van der Waals surface area contributed by atoms with Crippen LogP contribution >= 0.6 is 0 Å². The average Bonchev–Trinajstić information content (AvgIpc) is 3.14. The number of hydrogen-bond acceptors (Lipinski definition) is 3. The molecular weight excluding hydrogens is 286 g/mol. The van der Waals surface area contributed by atoms with E-state index in [4.69, 9.17) is 0 Å². The zero-order valence-electron chi connectivity index (χ0n) is 12.3. The van der Waals surface area contributed by atoms with Crippen molar-refractivity contribution in [1.29, 1.82) is 0 Å². The van der Waals surface area contributed by atoms with E-state index in [-0.39, 0.29) is 5.91 Å². The third-order valence-electron chi connectivity index (χ3n) is 3.76. The van der Waals surface area contributed by atoms with Crippen LogP contribution in [-0.4, -0.2) is 15.9 Å². The highest BCUT2D eigenvalue weighted by Gasteiger charge is 2.09. The second kappa shape index (κ2) is 5.52. The van der Waals surface area contributed by atoms with Crippen molar-refractivity contribution in [3.8, 4) is 0 Å². The Bertz CT molecular complexity index is 1030. The molecule has 0 fully saturated rings. The Morgan fingerprint density at radius 1 is 1.09 bits per heavy atom. The summed E-state index contributed by atoms with van der Waals surface area (Å²) in [7, 11) is 0. The molecule has 1 aromatic carbocycles. The lowest BCUT2D eigenvalue weighted by molar-refractivity contribution is -0.117. The molecule has 4 heteroatoms. The van der Waals surface area contributed by atoms with Crippen LogP contribution in [0.5, 0.6) is 0 Å². The summed E-state index contributed by atoms with van der Waals surface area (Å²) in [5, 5.41) is 4.95. The summed E-state index contributed by atoms with van der Waals surface area (Å²) in [5.41, 5.74) is 5.96. The van der Waals surface area contributed by atoms with Crippen LogP contribution in [0.15, 0.2) is 72.1 Å². The molecule has 0 radical (unpaired) electrons. The number of carbonyl (C=O) groups is 1. The van der Waals surface area contributed by atoms with Gasteiger partial charge >= 0.3 is 0 Å². The fraction of sp³-hybridized carbons (Fsp3) is 0.0526. The molecular formula is C19H13N3O. The minimum absolute atomic E-state index is 0.145.